The minimum Gasteiger partial charge on any atom is -0.331 e. The normalized spacial score (nSPS) is 34.9. The van der Waals surface area contributed by atoms with Crippen LogP contribution in [-0.4, -0.2) is 40.1 Å². The summed E-state index contributed by atoms with van der Waals surface area (Å²) in [6, 6.07) is 8.69. The fourth-order valence-corrected chi connectivity index (χ4v) is 6.15. The van der Waals surface area contributed by atoms with Gasteiger partial charge in [-0.1, -0.05) is 36.4 Å². The zero-order chi connectivity index (χ0) is 19.0. The third-order valence-electron chi connectivity index (χ3n) is 7.52. The Morgan fingerprint density at radius 3 is 2.36 bits per heavy atom. The molecule has 0 spiro atoms. The second kappa shape index (κ2) is 5.79. The Bertz CT molecular complexity index is 888. The number of hydrogen-bond acceptors (Lipinski definition) is 3. The van der Waals surface area contributed by atoms with E-state index in [2.05, 4.69) is 24.3 Å². The molecule has 6 rings (SSSR count). The largest absolute Gasteiger partial charge is 0.331 e. The fourth-order valence-electron chi connectivity index (χ4n) is 6.15. The maximum atomic E-state index is 13.3. The van der Waals surface area contributed by atoms with Crippen molar-refractivity contribution >= 4 is 17.7 Å². The third-order valence-corrected chi connectivity index (χ3v) is 7.52. The summed E-state index contributed by atoms with van der Waals surface area (Å²) in [5, 5.41) is 0. The summed E-state index contributed by atoms with van der Waals surface area (Å²) in [5.74, 6) is -0.383. The van der Waals surface area contributed by atoms with Gasteiger partial charge in [-0.15, -0.1) is 0 Å². The lowest BCUT2D eigenvalue weighted by Gasteiger charge is -2.31. The number of fused-ring (bicyclic) bond motifs is 6. The molecular formula is C23H24N2O3. The van der Waals surface area contributed by atoms with Crippen LogP contribution >= 0.6 is 0 Å². The molecule has 0 radical (unpaired) electrons. The number of likely N-dealkylation sites (tertiary alicyclic amines) is 1. The van der Waals surface area contributed by atoms with Gasteiger partial charge in [0, 0.05) is 6.04 Å². The van der Waals surface area contributed by atoms with Crippen LogP contribution in [0.3, 0.4) is 0 Å². The summed E-state index contributed by atoms with van der Waals surface area (Å²) in [7, 11) is 0. The minimum atomic E-state index is -0.225. The Balaban J connectivity index is 1.25. The highest BCUT2D eigenvalue weighted by Crippen LogP contribution is 2.52. The molecule has 1 heterocycles. The van der Waals surface area contributed by atoms with E-state index < -0.39 is 0 Å². The van der Waals surface area contributed by atoms with E-state index in [0.29, 0.717) is 0 Å². The standard InChI is InChI=1S/C23H24N2O3/c26-19(12-24-22(27)20-14-5-6-15(11-14)21(20)23(24)28)25(16-8-9-16)18-10-7-13-3-1-2-4-17(13)18/h1-6,14-16,18,20-21H,7-12H2. The van der Waals surface area contributed by atoms with Crippen molar-refractivity contribution in [2.45, 2.75) is 44.2 Å². The average Bonchev–Trinajstić information content (AvgIpc) is 3.04. The fraction of sp³-hybridized carbons (Fsp3) is 0.522. The first-order valence-electron chi connectivity index (χ1n) is 10.6. The van der Waals surface area contributed by atoms with Crippen molar-refractivity contribution in [2.75, 3.05) is 6.54 Å². The molecule has 5 nitrogen and oxygen atoms in total. The second-order valence-electron chi connectivity index (χ2n) is 9.05. The van der Waals surface area contributed by atoms with Crippen LogP contribution < -0.4 is 0 Å². The highest BCUT2D eigenvalue weighted by molar-refractivity contribution is 6.08. The lowest BCUT2D eigenvalue weighted by Crippen LogP contribution is -2.45. The molecule has 5 atom stereocenters. The molecule has 5 heteroatoms. The first-order valence-corrected chi connectivity index (χ1v) is 10.6. The van der Waals surface area contributed by atoms with Gasteiger partial charge in [-0.3, -0.25) is 19.3 Å². The summed E-state index contributed by atoms with van der Waals surface area (Å²) < 4.78 is 0. The second-order valence-corrected chi connectivity index (χ2v) is 9.05. The predicted octanol–water partition coefficient (Wildman–Crippen LogP) is 2.47. The van der Waals surface area contributed by atoms with Crippen LogP contribution in [-0.2, 0) is 20.8 Å². The Morgan fingerprint density at radius 1 is 1.00 bits per heavy atom. The van der Waals surface area contributed by atoms with Crippen LogP contribution in [0, 0.1) is 23.7 Å². The van der Waals surface area contributed by atoms with E-state index >= 15 is 0 Å². The molecule has 5 aliphatic rings. The predicted molar refractivity (Wildman–Crippen MR) is 102 cm³/mol. The van der Waals surface area contributed by atoms with Crippen LogP contribution in [0.2, 0.25) is 0 Å². The van der Waals surface area contributed by atoms with E-state index in [1.807, 2.05) is 17.0 Å². The van der Waals surface area contributed by atoms with E-state index in [9.17, 15) is 14.4 Å². The topological polar surface area (TPSA) is 57.7 Å². The van der Waals surface area contributed by atoms with Gasteiger partial charge < -0.3 is 4.90 Å². The molecule has 0 aromatic heterocycles. The zero-order valence-corrected chi connectivity index (χ0v) is 15.8. The number of allylic oxidation sites excluding steroid dienone is 2. The summed E-state index contributed by atoms with van der Waals surface area (Å²) >= 11 is 0. The van der Waals surface area contributed by atoms with Gasteiger partial charge in [0.25, 0.3) is 0 Å². The minimum absolute atomic E-state index is 0.0637. The Morgan fingerprint density at radius 2 is 1.68 bits per heavy atom. The first-order chi connectivity index (χ1) is 13.6. The van der Waals surface area contributed by atoms with Gasteiger partial charge >= 0.3 is 0 Å². The van der Waals surface area contributed by atoms with Gasteiger partial charge in [0.2, 0.25) is 17.7 Å². The molecule has 3 amide bonds. The SMILES string of the molecule is O=C1C2C3C=CC(C3)C2C(=O)N1CC(=O)N(C1CC1)C1CCc2ccccc21. The van der Waals surface area contributed by atoms with Gasteiger partial charge in [0.15, 0.2) is 0 Å². The van der Waals surface area contributed by atoms with Crippen molar-refractivity contribution in [3.8, 4) is 0 Å². The zero-order valence-electron chi connectivity index (χ0n) is 15.8. The summed E-state index contributed by atoms with van der Waals surface area (Å²) in [5.41, 5.74) is 2.55. The molecular weight excluding hydrogens is 352 g/mol. The lowest BCUT2D eigenvalue weighted by molar-refractivity contribution is -0.148. The van der Waals surface area contributed by atoms with Gasteiger partial charge in [-0.25, -0.2) is 0 Å². The Labute approximate surface area is 164 Å². The first kappa shape index (κ1) is 16.5. The summed E-state index contributed by atoms with van der Waals surface area (Å²) in [4.78, 5) is 42.5. The van der Waals surface area contributed by atoms with Crippen molar-refractivity contribution in [1.29, 1.82) is 0 Å². The molecule has 5 unspecified atom stereocenters. The monoisotopic (exact) mass is 376 g/mol. The smallest absolute Gasteiger partial charge is 0.243 e. The number of carbonyl (C=O) groups is 3. The molecule has 2 bridgehead atoms. The molecule has 3 fully saturated rings. The average molecular weight is 376 g/mol. The Kier molecular flexibility index (Phi) is 3.41. The number of rotatable bonds is 4. The van der Waals surface area contributed by atoms with Gasteiger partial charge in [0.05, 0.1) is 17.9 Å². The summed E-state index contributed by atoms with van der Waals surface area (Å²) in [6.07, 6.45) is 9.06. The summed E-state index contributed by atoms with van der Waals surface area (Å²) in [6.45, 7) is -0.0841. The maximum absolute atomic E-state index is 13.3. The quantitative estimate of drug-likeness (QED) is 0.599. The highest BCUT2D eigenvalue weighted by Gasteiger charge is 2.59. The van der Waals surface area contributed by atoms with E-state index in [0.717, 1.165) is 32.1 Å². The number of imide groups is 1. The molecule has 1 aliphatic heterocycles. The molecule has 144 valence electrons. The number of aryl methyl sites for hydroxylation is 1. The molecule has 28 heavy (non-hydrogen) atoms. The van der Waals surface area contributed by atoms with E-state index in [4.69, 9.17) is 0 Å². The molecule has 1 aromatic carbocycles. The molecule has 1 saturated heterocycles. The van der Waals surface area contributed by atoms with Gasteiger partial charge in [-0.05, 0) is 55.1 Å². The molecule has 2 saturated carbocycles. The van der Waals surface area contributed by atoms with Crippen molar-refractivity contribution < 1.29 is 14.4 Å². The van der Waals surface area contributed by atoms with E-state index in [1.54, 1.807) is 0 Å². The molecule has 1 aromatic rings. The third kappa shape index (κ3) is 2.22. The van der Waals surface area contributed by atoms with Crippen LogP contribution in [0.25, 0.3) is 0 Å². The van der Waals surface area contributed by atoms with E-state index in [1.165, 1.54) is 16.0 Å². The van der Waals surface area contributed by atoms with Crippen molar-refractivity contribution in [1.82, 2.24) is 9.80 Å². The van der Waals surface area contributed by atoms with Gasteiger partial charge in [-0.2, -0.15) is 0 Å². The molecule has 4 aliphatic carbocycles. The number of carbonyl (C=O) groups excluding carboxylic acids is 3. The maximum Gasteiger partial charge on any atom is 0.243 e. The number of hydrogen-bond donors (Lipinski definition) is 0. The van der Waals surface area contributed by atoms with Crippen molar-refractivity contribution in [3.63, 3.8) is 0 Å². The molecule has 0 N–H and O–H groups in total. The van der Waals surface area contributed by atoms with Gasteiger partial charge in [0.1, 0.15) is 6.54 Å². The van der Waals surface area contributed by atoms with Crippen LogP contribution in [0.4, 0.5) is 0 Å². The number of benzene rings is 1. The van der Waals surface area contributed by atoms with Crippen LogP contribution in [0.15, 0.2) is 36.4 Å². The highest BCUT2D eigenvalue weighted by atomic mass is 16.2. The van der Waals surface area contributed by atoms with Crippen molar-refractivity contribution in [3.05, 3.63) is 47.5 Å². The lowest BCUT2D eigenvalue weighted by atomic mass is 9.85. The number of nitrogens with zero attached hydrogens (tertiary/aromatic N) is 2. The van der Waals surface area contributed by atoms with E-state index in [-0.39, 0.29) is 60.0 Å². The van der Waals surface area contributed by atoms with Crippen LogP contribution in [0.5, 0.6) is 0 Å². The number of amides is 3. The van der Waals surface area contributed by atoms with Crippen LogP contribution in [0.1, 0.15) is 42.9 Å². The van der Waals surface area contributed by atoms with Crippen molar-refractivity contribution in [2.24, 2.45) is 23.7 Å². The Hall–Kier alpha value is -2.43.